The Labute approximate surface area is 105 Å². The van der Waals surface area contributed by atoms with Gasteiger partial charge in [0.2, 0.25) is 0 Å². The smallest absolute Gasteiger partial charge is 0.0205 e. The molecule has 1 heteroatoms. The first-order chi connectivity index (χ1) is 8.25. The van der Waals surface area contributed by atoms with Crippen molar-refractivity contribution in [1.82, 2.24) is 5.32 Å². The maximum absolute atomic E-state index is 3.61. The van der Waals surface area contributed by atoms with Crippen LogP contribution in [0.25, 0.3) is 0 Å². The van der Waals surface area contributed by atoms with Crippen molar-refractivity contribution in [2.24, 2.45) is 5.41 Å². The van der Waals surface area contributed by atoms with Crippen LogP contribution in [0.5, 0.6) is 0 Å². The molecule has 2 fully saturated rings. The fraction of sp³-hybridized carbons (Fsp3) is 0.625. The van der Waals surface area contributed by atoms with Gasteiger partial charge in [-0.05, 0) is 48.1 Å². The number of hydrogen-bond donors (Lipinski definition) is 1. The maximum Gasteiger partial charge on any atom is 0.0205 e. The van der Waals surface area contributed by atoms with Crippen molar-refractivity contribution in [2.75, 3.05) is 6.54 Å². The third-order valence-corrected chi connectivity index (χ3v) is 4.47. The molecule has 17 heavy (non-hydrogen) atoms. The first kappa shape index (κ1) is 11.3. The van der Waals surface area contributed by atoms with E-state index >= 15 is 0 Å². The van der Waals surface area contributed by atoms with Gasteiger partial charge in [0.25, 0.3) is 0 Å². The molecule has 0 aromatic heterocycles. The van der Waals surface area contributed by atoms with Crippen molar-refractivity contribution in [3.8, 4) is 0 Å². The Hall–Kier alpha value is -0.820. The lowest BCUT2D eigenvalue weighted by Crippen LogP contribution is -2.36. The Balaban J connectivity index is 1.47. The van der Waals surface area contributed by atoms with Crippen molar-refractivity contribution < 1.29 is 0 Å². The van der Waals surface area contributed by atoms with Crippen LogP contribution in [-0.2, 0) is 6.54 Å². The minimum atomic E-state index is 0.591. The van der Waals surface area contributed by atoms with Crippen molar-refractivity contribution >= 4 is 0 Å². The zero-order chi connectivity index (χ0) is 11.7. The summed E-state index contributed by atoms with van der Waals surface area (Å²) < 4.78 is 0. The predicted octanol–water partition coefficient (Wildman–Crippen LogP) is 3.84. The largest absolute Gasteiger partial charge is 0.312 e. The van der Waals surface area contributed by atoms with Crippen molar-refractivity contribution in [2.45, 2.75) is 51.5 Å². The lowest BCUT2D eigenvalue weighted by molar-refractivity contribution is 0.156. The molecule has 0 spiro atoms. The summed E-state index contributed by atoms with van der Waals surface area (Å²) in [6, 6.07) is 9.23. The van der Waals surface area contributed by atoms with Gasteiger partial charge in [0, 0.05) is 13.1 Å². The lowest BCUT2D eigenvalue weighted by Gasteiger charge is -2.38. The van der Waals surface area contributed by atoms with Crippen LogP contribution in [0.2, 0.25) is 0 Å². The van der Waals surface area contributed by atoms with Crippen LogP contribution in [0.15, 0.2) is 24.3 Å². The molecule has 2 aliphatic rings. The topological polar surface area (TPSA) is 12.0 Å². The normalized spacial score (nSPS) is 22.2. The third kappa shape index (κ3) is 2.71. The summed E-state index contributed by atoms with van der Waals surface area (Å²) in [5, 5.41) is 3.61. The van der Waals surface area contributed by atoms with Crippen LogP contribution in [0.1, 0.15) is 56.1 Å². The zero-order valence-corrected chi connectivity index (χ0v) is 10.8. The molecule has 0 aliphatic heterocycles. The average Bonchev–Trinajstić information content (AvgIpc) is 3.12. The highest BCUT2D eigenvalue weighted by Gasteiger charge is 2.30. The average molecular weight is 229 g/mol. The molecule has 0 bridgehead atoms. The summed E-state index contributed by atoms with van der Waals surface area (Å²) in [6.45, 7) is 4.61. The molecule has 3 rings (SSSR count). The molecular weight excluding hydrogens is 206 g/mol. The van der Waals surface area contributed by atoms with Gasteiger partial charge >= 0.3 is 0 Å². The highest BCUT2D eigenvalue weighted by atomic mass is 14.9. The van der Waals surface area contributed by atoms with Gasteiger partial charge in [0.05, 0.1) is 0 Å². The SMILES string of the molecule is CC1(CNCc2ccc(C3CC3)cc2)CCC1. The molecule has 0 saturated heterocycles. The lowest BCUT2D eigenvalue weighted by atomic mass is 9.70. The van der Waals surface area contributed by atoms with Crippen LogP contribution in [0.3, 0.4) is 0 Å². The summed E-state index contributed by atoms with van der Waals surface area (Å²) in [5.41, 5.74) is 3.56. The second-order valence-corrected chi connectivity index (χ2v) is 6.28. The van der Waals surface area contributed by atoms with E-state index in [1.54, 1.807) is 5.56 Å². The molecule has 0 heterocycles. The Bertz CT molecular complexity index is 371. The molecule has 2 aliphatic carbocycles. The van der Waals surface area contributed by atoms with Gasteiger partial charge in [-0.25, -0.2) is 0 Å². The predicted molar refractivity (Wildman–Crippen MR) is 72.1 cm³/mol. The molecule has 1 aromatic rings. The Morgan fingerprint density at radius 1 is 1.18 bits per heavy atom. The maximum atomic E-state index is 3.61. The van der Waals surface area contributed by atoms with Crippen molar-refractivity contribution in [3.63, 3.8) is 0 Å². The summed E-state index contributed by atoms with van der Waals surface area (Å²) in [6.07, 6.45) is 7.03. The van der Waals surface area contributed by atoms with E-state index in [-0.39, 0.29) is 0 Å². The second-order valence-electron chi connectivity index (χ2n) is 6.28. The first-order valence-electron chi connectivity index (χ1n) is 7.05. The fourth-order valence-corrected chi connectivity index (χ4v) is 2.79. The quantitative estimate of drug-likeness (QED) is 0.809. The molecule has 92 valence electrons. The van der Waals surface area contributed by atoms with E-state index in [2.05, 4.69) is 36.5 Å². The number of nitrogens with one attached hydrogen (secondary N) is 1. The highest BCUT2D eigenvalue weighted by Crippen LogP contribution is 2.40. The Kier molecular flexibility index (Phi) is 2.96. The summed E-state index contributed by atoms with van der Waals surface area (Å²) in [7, 11) is 0. The van der Waals surface area contributed by atoms with Gasteiger partial charge in [-0.2, -0.15) is 0 Å². The second kappa shape index (κ2) is 4.45. The molecule has 0 radical (unpaired) electrons. The van der Waals surface area contributed by atoms with E-state index in [9.17, 15) is 0 Å². The van der Waals surface area contributed by atoms with Crippen LogP contribution in [-0.4, -0.2) is 6.54 Å². The monoisotopic (exact) mass is 229 g/mol. The van der Waals surface area contributed by atoms with Crippen molar-refractivity contribution in [3.05, 3.63) is 35.4 Å². The van der Waals surface area contributed by atoms with Gasteiger partial charge in [0.15, 0.2) is 0 Å². The van der Waals surface area contributed by atoms with Crippen LogP contribution >= 0.6 is 0 Å². The fourth-order valence-electron chi connectivity index (χ4n) is 2.79. The number of benzene rings is 1. The number of rotatable bonds is 5. The van der Waals surface area contributed by atoms with Gasteiger partial charge in [-0.3, -0.25) is 0 Å². The summed E-state index contributed by atoms with van der Waals surface area (Å²) >= 11 is 0. The Morgan fingerprint density at radius 3 is 2.41 bits per heavy atom. The van der Waals surface area contributed by atoms with E-state index in [4.69, 9.17) is 0 Å². The standard InChI is InChI=1S/C16H23N/c1-16(9-2-10-16)12-17-11-13-3-5-14(6-4-13)15-7-8-15/h3-6,15,17H,2,7-12H2,1H3. The molecule has 1 aromatic carbocycles. The van der Waals surface area contributed by atoms with E-state index < -0.39 is 0 Å². The van der Waals surface area contributed by atoms with Crippen molar-refractivity contribution in [1.29, 1.82) is 0 Å². The minimum absolute atomic E-state index is 0.591. The molecule has 0 atom stereocenters. The molecular formula is C16H23N. The zero-order valence-electron chi connectivity index (χ0n) is 10.8. The third-order valence-electron chi connectivity index (χ3n) is 4.47. The van der Waals surface area contributed by atoms with E-state index in [1.165, 1.54) is 44.2 Å². The van der Waals surface area contributed by atoms with Crippen LogP contribution in [0.4, 0.5) is 0 Å². The van der Waals surface area contributed by atoms with E-state index in [0.717, 1.165) is 12.5 Å². The molecule has 0 amide bonds. The van der Waals surface area contributed by atoms with Gasteiger partial charge in [-0.15, -0.1) is 0 Å². The number of hydrogen-bond acceptors (Lipinski definition) is 1. The Morgan fingerprint density at radius 2 is 1.88 bits per heavy atom. The minimum Gasteiger partial charge on any atom is -0.312 e. The molecule has 0 unspecified atom stereocenters. The van der Waals surface area contributed by atoms with Gasteiger partial charge in [-0.1, -0.05) is 37.6 Å². The highest BCUT2D eigenvalue weighted by molar-refractivity contribution is 5.27. The van der Waals surface area contributed by atoms with Gasteiger partial charge < -0.3 is 5.32 Å². The van der Waals surface area contributed by atoms with E-state index in [1.807, 2.05) is 0 Å². The van der Waals surface area contributed by atoms with E-state index in [0.29, 0.717) is 5.41 Å². The molecule has 1 nitrogen and oxygen atoms in total. The first-order valence-corrected chi connectivity index (χ1v) is 7.05. The molecule has 1 N–H and O–H groups in total. The van der Waals surface area contributed by atoms with Gasteiger partial charge in [0.1, 0.15) is 0 Å². The van der Waals surface area contributed by atoms with Crippen LogP contribution < -0.4 is 5.32 Å². The summed E-state index contributed by atoms with van der Waals surface area (Å²) in [5.74, 6) is 0.880. The summed E-state index contributed by atoms with van der Waals surface area (Å²) in [4.78, 5) is 0. The molecule has 2 saturated carbocycles. The van der Waals surface area contributed by atoms with Crippen LogP contribution in [0, 0.1) is 5.41 Å².